The highest BCUT2D eigenvalue weighted by Crippen LogP contribution is 2.22. The molecule has 0 heterocycles. The van der Waals surface area contributed by atoms with Crippen LogP contribution in [0.15, 0.2) is 77.3 Å². The second kappa shape index (κ2) is 13.3. The molecule has 5 nitrogen and oxygen atoms in total. The van der Waals surface area contributed by atoms with Crippen molar-refractivity contribution in [3.05, 3.63) is 99.5 Å². The quantitative estimate of drug-likeness (QED) is 0.318. The molecule has 3 aromatic rings. The summed E-state index contributed by atoms with van der Waals surface area (Å²) in [4.78, 5) is 28.9. The van der Waals surface area contributed by atoms with Crippen LogP contribution in [0.1, 0.15) is 42.5 Å². The first kappa shape index (κ1) is 27.5. The van der Waals surface area contributed by atoms with Gasteiger partial charge in [0.25, 0.3) is 5.91 Å². The molecule has 2 atom stereocenters. The van der Waals surface area contributed by atoms with E-state index in [2.05, 4.69) is 21.2 Å². The van der Waals surface area contributed by atoms with Crippen molar-refractivity contribution in [2.45, 2.75) is 59.2 Å². The van der Waals surface area contributed by atoms with Crippen molar-refractivity contribution in [2.24, 2.45) is 0 Å². The normalized spacial score (nSPS) is 12.5. The van der Waals surface area contributed by atoms with Gasteiger partial charge in [-0.15, -0.1) is 0 Å². The minimum atomic E-state index is -0.681. The molecular formula is C30H35BrN2O3. The van der Waals surface area contributed by atoms with E-state index in [1.54, 1.807) is 4.90 Å². The highest BCUT2D eigenvalue weighted by molar-refractivity contribution is 9.10. The van der Waals surface area contributed by atoms with Crippen LogP contribution in [-0.2, 0) is 22.6 Å². The fourth-order valence-corrected chi connectivity index (χ4v) is 4.15. The molecule has 0 aliphatic carbocycles. The molecule has 3 rings (SSSR count). The van der Waals surface area contributed by atoms with Crippen molar-refractivity contribution in [1.29, 1.82) is 0 Å². The van der Waals surface area contributed by atoms with E-state index in [1.807, 2.05) is 100 Å². The van der Waals surface area contributed by atoms with Crippen molar-refractivity contribution < 1.29 is 14.3 Å². The van der Waals surface area contributed by atoms with Gasteiger partial charge < -0.3 is 15.0 Å². The minimum absolute atomic E-state index is 0.00611. The zero-order chi connectivity index (χ0) is 26.1. The molecule has 0 bridgehead atoms. The van der Waals surface area contributed by atoms with Gasteiger partial charge in [0.2, 0.25) is 5.91 Å². The summed E-state index contributed by atoms with van der Waals surface area (Å²) in [6.07, 6.45) is 1.22. The highest BCUT2D eigenvalue weighted by atomic mass is 79.9. The summed E-state index contributed by atoms with van der Waals surface area (Å²) in [6, 6.07) is 22.7. The van der Waals surface area contributed by atoms with Gasteiger partial charge in [-0.05, 0) is 67.6 Å². The summed E-state index contributed by atoms with van der Waals surface area (Å²) >= 11 is 3.47. The summed E-state index contributed by atoms with van der Waals surface area (Å²) in [5.74, 6) is 0.278. The van der Waals surface area contributed by atoms with E-state index in [4.69, 9.17) is 4.74 Å². The van der Waals surface area contributed by atoms with Gasteiger partial charge in [0.15, 0.2) is 6.61 Å². The number of hydrogen-bond donors (Lipinski definition) is 1. The second-order valence-electron chi connectivity index (χ2n) is 9.16. The second-order valence-corrected chi connectivity index (χ2v) is 10.1. The molecule has 0 aliphatic rings. The molecule has 0 radical (unpaired) electrons. The van der Waals surface area contributed by atoms with Crippen LogP contribution in [0.3, 0.4) is 0 Å². The Hall–Kier alpha value is -3.12. The third kappa shape index (κ3) is 7.69. The maximum atomic E-state index is 13.7. The number of carbonyl (C=O) groups is 2. The Morgan fingerprint density at radius 3 is 2.31 bits per heavy atom. The molecule has 0 fully saturated rings. The first-order valence-corrected chi connectivity index (χ1v) is 13.1. The molecule has 0 saturated carbocycles. The number of ether oxygens (including phenoxy) is 1. The van der Waals surface area contributed by atoms with Gasteiger partial charge in [0, 0.05) is 23.5 Å². The predicted molar refractivity (Wildman–Crippen MR) is 148 cm³/mol. The van der Waals surface area contributed by atoms with Crippen LogP contribution in [0.25, 0.3) is 0 Å². The Kier molecular flexibility index (Phi) is 10.1. The fourth-order valence-electron chi connectivity index (χ4n) is 3.88. The van der Waals surface area contributed by atoms with Crippen LogP contribution >= 0.6 is 15.9 Å². The van der Waals surface area contributed by atoms with Gasteiger partial charge >= 0.3 is 0 Å². The van der Waals surface area contributed by atoms with Crippen LogP contribution in [0, 0.1) is 13.8 Å². The summed E-state index contributed by atoms with van der Waals surface area (Å²) < 4.78 is 6.93. The lowest BCUT2D eigenvalue weighted by atomic mass is 10.0. The topological polar surface area (TPSA) is 58.6 Å². The number of benzene rings is 3. The molecular weight excluding hydrogens is 516 g/mol. The Morgan fingerprint density at radius 1 is 0.944 bits per heavy atom. The van der Waals surface area contributed by atoms with E-state index in [0.717, 1.165) is 33.1 Å². The van der Waals surface area contributed by atoms with Crippen molar-refractivity contribution in [2.75, 3.05) is 6.61 Å². The molecule has 2 amide bonds. The fraction of sp³-hybridized carbons (Fsp3) is 0.333. The average Bonchev–Trinajstić information content (AvgIpc) is 2.88. The molecule has 36 heavy (non-hydrogen) atoms. The van der Waals surface area contributed by atoms with Gasteiger partial charge in [0.1, 0.15) is 11.8 Å². The monoisotopic (exact) mass is 550 g/mol. The molecule has 0 aliphatic heterocycles. The van der Waals surface area contributed by atoms with Crippen molar-refractivity contribution in [3.63, 3.8) is 0 Å². The Morgan fingerprint density at radius 2 is 1.64 bits per heavy atom. The summed E-state index contributed by atoms with van der Waals surface area (Å²) in [7, 11) is 0. The number of amides is 2. The molecule has 1 N–H and O–H groups in total. The van der Waals surface area contributed by atoms with Crippen molar-refractivity contribution in [3.8, 4) is 5.75 Å². The van der Waals surface area contributed by atoms with Crippen LogP contribution in [0.4, 0.5) is 0 Å². The zero-order valence-electron chi connectivity index (χ0n) is 21.5. The highest BCUT2D eigenvalue weighted by Gasteiger charge is 2.31. The van der Waals surface area contributed by atoms with Crippen LogP contribution in [0.5, 0.6) is 5.75 Å². The smallest absolute Gasteiger partial charge is 0.261 e. The number of carbonyl (C=O) groups excluding carboxylic acids is 2. The molecule has 0 saturated heterocycles. The molecule has 0 unspecified atom stereocenters. The molecule has 190 valence electrons. The van der Waals surface area contributed by atoms with Gasteiger partial charge in [-0.3, -0.25) is 9.59 Å². The standard InChI is InChI=1S/C30H35BrN2O3/c1-5-22(3)32-30(35)27(18-24-11-7-6-8-12-24)33(19-25-14-16-26(31)17-15-25)29(34)20-36-28-13-9-10-21(2)23(28)4/h6-17,22,27H,5,18-20H2,1-4H3,(H,32,35)/t22-,27-/m1/s1. The Bertz CT molecular complexity index is 1150. The van der Waals surface area contributed by atoms with Crippen LogP contribution in [0.2, 0.25) is 0 Å². The minimum Gasteiger partial charge on any atom is -0.483 e. The number of nitrogens with one attached hydrogen (secondary N) is 1. The summed E-state index contributed by atoms with van der Waals surface area (Å²) in [6.45, 7) is 8.14. The molecule has 6 heteroatoms. The van der Waals surface area contributed by atoms with E-state index in [-0.39, 0.29) is 24.5 Å². The Labute approximate surface area is 223 Å². The average molecular weight is 552 g/mol. The van der Waals surface area contributed by atoms with E-state index in [0.29, 0.717) is 18.7 Å². The lowest BCUT2D eigenvalue weighted by molar-refractivity contribution is -0.143. The van der Waals surface area contributed by atoms with Gasteiger partial charge in [-0.25, -0.2) is 0 Å². The van der Waals surface area contributed by atoms with E-state index in [1.165, 1.54) is 0 Å². The maximum Gasteiger partial charge on any atom is 0.261 e. The number of nitrogens with zero attached hydrogens (tertiary/aromatic N) is 1. The maximum absolute atomic E-state index is 13.7. The SMILES string of the molecule is CC[C@@H](C)NC(=O)[C@@H](Cc1ccccc1)N(Cc1ccc(Br)cc1)C(=O)COc1cccc(C)c1C. The largest absolute Gasteiger partial charge is 0.483 e. The summed E-state index contributed by atoms with van der Waals surface area (Å²) in [5, 5.41) is 3.09. The lowest BCUT2D eigenvalue weighted by Gasteiger charge is -2.32. The molecule has 0 aromatic heterocycles. The Balaban J connectivity index is 1.92. The van der Waals surface area contributed by atoms with Crippen LogP contribution in [-0.4, -0.2) is 35.4 Å². The summed E-state index contributed by atoms with van der Waals surface area (Å²) in [5.41, 5.74) is 4.03. The zero-order valence-corrected chi connectivity index (χ0v) is 23.0. The predicted octanol–water partition coefficient (Wildman–Crippen LogP) is 6.00. The first-order valence-electron chi connectivity index (χ1n) is 12.4. The number of rotatable bonds is 11. The number of hydrogen-bond acceptors (Lipinski definition) is 3. The third-order valence-corrected chi connectivity index (χ3v) is 6.97. The van der Waals surface area contributed by atoms with Gasteiger partial charge in [-0.2, -0.15) is 0 Å². The number of halogens is 1. The van der Waals surface area contributed by atoms with Gasteiger partial charge in [0.05, 0.1) is 0 Å². The lowest BCUT2D eigenvalue weighted by Crippen LogP contribution is -2.53. The van der Waals surface area contributed by atoms with Crippen LogP contribution < -0.4 is 10.1 Å². The van der Waals surface area contributed by atoms with E-state index in [9.17, 15) is 9.59 Å². The van der Waals surface area contributed by atoms with Gasteiger partial charge in [-0.1, -0.05) is 77.5 Å². The third-order valence-electron chi connectivity index (χ3n) is 6.44. The molecule has 3 aromatic carbocycles. The number of aryl methyl sites for hydroxylation is 1. The van der Waals surface area contributed by atoms with E-state index < -0.39 is 6.04 Å². The van der Waals surface area contributed by atoms with Crippen molar-refractivity contribution >= 4 is 27.7 Å². The van der Waals surface area contributed by atoms with E-state index >= 15 is 0 Å². The first-order chi connectivity index (χ1) is 17.3. The molecule has 0 spiro atoms. The van der Waals surface area contributed by atoms with Crippen molar-refractivity contribution in [1.82, 2.24) is 10.2 Å².